The van der Waals surface area contributed by atoms with Gasteiger partial charge in [-0.25, -0.2) is 0 Å². The lowest BCUT2D eigenvalue weighted by Gasteiger charge is -2.16. The molecule has 0 amide bonds. The molecule has 0 bridgehead atoms. The van der Waals surface area contributed by atoms with Gasteiger partial charge in [-0.15, -0.1) is 0 Å². The van der Waals surface area contributed by atoms with E-state index in [9.17, 15) is 0 Å². The van der Waals surface area contributed by atoms with E-state index in [0.717, 1.165) is 25.4 Å². The highest BCUT2D eigenvalue weighted by atomic mass is 16.5. The van der Waals surface area contributed by atoms with E-state index in [0.29, 0.717) is 6.04 Å². The van der Waals surface area contributed by atoms with E-state index in [1.807, 2.05) is 30.3 Å². The third-order valence-electron chi connectivity index (χ3n) is 2.62. The predicted molar refractivity (Wildman–Crippen MR) is 72.6 cm³/mol. The van der Waals surface area contributed by atoms with E-state index in [4.69, 9.17) is 4.74 Å². The van der Waals surface area contributed by atoms with Crippen molar-refractivity contribution in [1.29, 1.82) is 0 Å². The minimum Gasteiger partial charge on any atom is -0.492 e. The van der Waals surface area contributed by atoms with Gasteiger partial charge in [0.25, 0.3) is 0 Å². The molecule has 0 spiro atoms. The van der Waals surface area contributed by atoms with Crippen LogP contribution in [0.1, 0.15) is 13.3 Å². The second-order valence-corrected chi connectivity index (χ2v) is 4.61. The number of hydrogen-bond donors (Lipinski definition) is 1. The smallest absolute Gasteiger partial charge is 0.119 e. The Morgan fingerprint density at radius 3 is 2.59 bits per heavy atom. The van der Waals surface area contributed by atoms with Gasteiger partial charge in [-0.3, -0.25) is 0 Å². The summed E-state index contributed by atoms with van der Waals surface area (Å²) in [5.41, 5.74) is 0. The minimum absolute atomic E-state index is 0.539. The van der Waals surface area contributed by atoms with Crippen LogP contribution in [0.2, 0.25) is 0 Å². The fourth-order valence-electron chi connectivity index (χ4n) is 1.54. The van der Waals surface area contributed by atoms with Crippen molar-refractivity contribution >= 4 is 0 Å². The molecular formula is C14H24N2O. The number of rotatable bonds is 8. The first-order valence-electron chi connectivity index (χ1n) is 6.24. The molecule has 0 saturated carbocycles. The molecule has 0 saturated heterocycles. The molecule has 0 aliphatic rings. The second-order valence-electron chi connectivity index (χ2n) is 4.61. The Morgan fingerprint density at radius 1 is 1.24 bits per heavy atom. The highest BCUT2D eigenvalue weighted by molar-refractivity contribution is 5.20. The fourth-order valence-corrected chi connectivity index (χ4v) is 1.54. The van der Waals surface area contributed by atoms with Crippen LogP contribution in [0.25, 0.3) is 0 Å². The van der Waals surface area contributed by atoms with Crippen LogP contribution < -0.4 is 10.1 Å². The molecule has 17 heavy (non-hydrogen) atoms. The summed E-state index contributed by atoms with van der Waals surface area (Å²) in [5, 5.41) is 3.46. The maximum Gasteiger partial charge on any atom is 0.119 e. The molecule has 1 rings (SSSR count). The Labute approximate surface area is 105 Å². The van der Waals surface area contributed by atoms with E-state index in [1.54, 1.807) is 0 Å². The van der Waals surface area contributed by atoms with Crippen LogP contribution in [-0.2, 0) is 0 Å². The fraction of sp³-hybridized carbons (Fsp3) is 0.571. The zero-order valence-corrected chi connectivity index (χ0v) is 11.1. The van der Waals surface area contributed by atoms with Gasteiger partial charge in [-0.2, -0.15) is 0 Å². The normalized spacial score (nSPS) is 12.7. The molecule has 96 valence electrons. The lowest BCUT2D eigenvalue weighted by molar-refractivity contribution is 0.298. The SMILES string of the molecule is CC(CCN(C)C)NCCOc1ccccc1. The number of para-hydroxylation sites is 1. The van der Waals surface area contributed by atoms with Gasteiger partial charge >= 0.3 is 0 Å². The third kappa shape index (κ3) is 6.97. The predicted octanol–water partition coefficient (Wildman–Crippen LogP) is 2.00. The van der Waals surface area contributed by atoms with Crippen LogP contribution >= 0.6 is 0 Å². The van der Waals surface area contributed by atoms with E-state index < -0.39 is 0 Å². The summed E-state index contributed by atoms with van der Waals surface area (Å²) in [6.07, 6.45) is 1.17. The first kappa shape index (κ1) is 14.0. The van der Waals surface area contributed by atoms with Crippen LogP contribution in [0.4, 0.5) is 0 Å². The molecule has 1 atom stereocenters. The maximum atomic E-state index is 5.61. The molecule has 1 unspecified atom stereocenters. The average molecular weight is 236 g/mol. The van der Waals surface area contributed by atoms with Crippen molar-refractivity contribution in [3.63, 3.8) is 0 Å². The summed E-state index contributed by atoms with van der Waals surface area (Å²) in [4.78, 5) is 2.21. The quantitative estimate of drug-likeness (QED) is 0.699. The Hall–Kier alpha value is -1.06. The number of hydrogen-bond acceptors (Lipinski definition) is 3. The molecular weight excluding hydrogens is 212 g/mol. The van der Waals surface area contributed by atoms with Crippen molar-refractivity contribution in [2.24, 2.45) is 0 Å². The zero-order valence-electron chi connectivity index (χ0n) is 11.1. The lowest BCUT2D eigenvalue weighted by atomic mass is 10.2. The summed E-state index contributed by atoms with van der Waals surface area (Å²) >= 11 is 0. The summed E-state index contributed by atoms with van der Waals surface area (Å²) in [7, 11) is 4.20. The van der Waals surface area contributed by atoms with Gasteiger partial charge in [-0.1, -0.05) is 18.2 Å². The average Bonchev–Trinajstić information content (AvgIpc) is 2.33. The van der Waals surface area contributed by atoms with Crippen molar-refractivity contribution in [3.05, 3.63) is 30.3 Å². The lowest BCUT2D eigenvalue weighted by Crippen LogP contribution is -2.32. The Bertz CT molecular complexity index is 288. The number of nitrogens with one attached hydrogen (secondary N) is 1. The maximum absolute atomic E-state index is 5.61. The van der Waals surface area contributed by atoms with Crippen LogP contribution in [0, 0.1) is 0 Å². The van der Waals surface area contributed by atoms with Crippen LogP contribution in [0.5, 0.6) is 5.75 Å². The van der Waals surface area contributed by atoms with Crippen LogP contribution in [-0.4, -0.2) is 44.7 Å². The minimum atomic E-state index is 0.539. The van der Waals surface area contributed by atoms with Gasteiger partial charge in [0.15, 0.2) is 0 Å². The van der Waals surface area contributed by atoms with Crippen LogP contribution in [0.15, 0.2) is 30.3 Å². The number of nitrogens with zero attached hydrogens (tertiary/aromatic N) is 1. The summed E-state index contributed by atoms with van der Waals surface area (Å²) in [6.45, 7) is 4.94. The van der Waals surface area contributed by atoms with Gasteiger partial charge in [0.1, 0.15) is 12.4 Å². The number of ether oxygens (including phenoxy) is 1. The van der Waals surface area contributed by atoms with Crippen molar-refractivity contribution in [3.8, 4) is 5.75 Å². The Morgan fingerprint density at radius 2 is 1.94 bits per heavy atom. The monoisotopic (exact) mass is 236 g/mol. The third-order valence-corrected chi connectivity index (χ3v) is 2.62. The van der Waals surface area contributed by atoms with E-state index in [-0.39, 0.29) is 0 Å². The molecule has 0 aliphatic carbocycles. The molecule has 0 heterocycles. The van der Waals surface area contributed by atoms with E-state index in [2.05, 4.69) is 31.2 Å². The number of benzene rings is 1. The van der Waals surface area contributed by atoms with Crippen molar-refractivity contribution < 1.29 is 4.74 Å². The topological polar surface area (TPSA) is 24.5 Å². The highest BCUT2D eigenvalue weighted by Gasteiger charge is 2.01. The molecule has 1 N–H and O–H groups in total. The highest BCUT2D eigenvalue weighted by Crippen LogP contribution is 2.07. The van der Waals surface area contributed by atoms with Crippen molar-refractivity contribution in [2.45, 2.75) is 19.4 Å². The van der Waals surface area contributed by atoms with Crippen molar-refractivity contribution in [1.82, 2.24) is 10.2 Å². The zero-order chi connectivity index (χ0) is 12.5. The largest absolute Gasteiger partial charge is 0.492 e. The van der Waals surface area contributed by atoms with E-state index in [1.165, 1.54) is 6.42 Å². The molecule has 0 radical (unpaired) electrons. The first-order chi connectivity index (χ1) is 8.18. The molecule has 0 aliphatic heterocycles. The first-order valence-corrected chi connectivity index (χ1v) is 6.24. The summed E-state index contributed by atoms with van der Waals surface area (Å²) in [5.74, 6) is 0.940. The molecule has 0 aromatic heterocycles. The molecule has 0 fully saturated rings. The molecule has 3 nitrogen and oxygen atoms in total. The van der Waals surface area contributed by atoms with Gasteiger partial charge in [0.05, 0.1) is 0 Å². The van der Waals surface area contributed by atoms with Gasteiger partial charge in [0, 0.05) is 12.6 Å². The van der Waals surface area contributed by atoms with E-state index >= 15 is 0 Å². The standard InChI is InChI=1S/C14H24N2O/c1-13(9-11-16(2)3)15-10-12-17-14-7-5-4-6-8-14/h4-8,13,15H,9-12H2,1-3H3. The van der Waals surface area contributed by atoms with Gasteiger partial charge in [0.2, 0.25) is 0 Å². The molecule has 1 aromatic carbocycles. The molecule has 1 aromatic rings. The Balaban J connectivity index is 2.04. The second kappa shape index (κ2) is 8.09. The van der Waals surface area contributed by atoms with Crippen molar-refractivity contribution in [2.75, 3.05) is 33.8 Å². The van der Waals surface area contributed by atoms with Crippen LogP contribution in [0.3, 0.4) is 0 Å². The molecule has 3 heteroatoms. The summed E-state index contributed by atoms with van der Waals surface area (Å²) < 4.78 is 5.61. The summed E-state index contributed by atoms with van der Waals surface area (Å²) in [6, 6.07) is 10.5. The van der Waals surface area contributed by atoms with Gasteiger partial charge in [-0.05, 0) is 46.1 Å². The van der Waals surface area contributed by atoms with Gasteiger partial charge < -0.3 is 15.0 Å². The Kier molecular flexibility index (Phi) is 6.67.